The molecule has 2 unspecified atom stereocenters. The highest BCUT2D eigenvalue weighted by molar-refractivity contribution is 5.96. The fraction of sp³-hybridized carbons (Fsp3) is 0.421. The van der Waals surface area contributed by atoms with Gasteiger partial charge in [-0.25, -0.2) is 4.79 Å². The van der Waals surface area contributed by atoms with Crippen LogP contribution in [-0.4, -0.2) is 44.2 Å². The molecule has 2 amide bonds. The Bertz CT molecular complexity index is 802. The van der Waals surface area contributed by atoms with Crippen LogP contribution in [0.5, 0.6) is 0 Å². The molecule has 1 saturated heterocycles. The molecule has 138 valence electrons. The number of hydrogen-bond donors (Lipinski definition) is 2. The monoisotopic (exact) mass is 356 g/mol. The molecule has 0 saturated carbocycles. The van der Waals surface area contributed by atoms with Crippen molar-refractivity contribution >= 4 is 17.5 Å². The van der Waals surface area contributed by atoms with E-state index in [0.29, 0.717) is 24.2 Å². The van der Waals surface area contributed by atoms with Crippen molar-refractivity contribution in [2.45, 2.75) is 38.3 Å². The molecule has 1 aliphatic heterocycles. The van der Waals surface area contributed by atoms with Gasteiger partial charge in [-0.2, -0.15) is 5.10 Å². The van der Waals surface area contributed by atoms with Gasteiger partial charge in [0, 0.05) is 42.6 Å². The predicted octanol–water partition coefficient (Wildman–Crippen LogP) is 2.74. The summed E-state index contributed by atoms with van der Waals surface area (Å²) >= 11 is 0. The van der Waals surface area contributed by atoms with Gasteiger partial charge in [0.2, 0.25) is 0 Å². The standard InChI is InChI=1S/C19H24N4O3/c1-13(24)14-5-3-6-16(9-14)21-19(26)23-8-4-7-17(23)10-18(25)15-11-20-22(2)12-15/h3,5-6,9,11-12,17-18,25H,4,7-8,10H2,1-2H3,(H,21,26). The minimum absolute atomic E-state index is 0.0267. The fourth-order valence-corrected chi connectivity index (χ4v) is 3.37. The van der Waals surface area contributed by atoms with E-state index in [1.807, 2.05) is 0 Å². The first-order valence-electron chi connectivity index (χ1n) is 8.79. The van der Waals surface area contributed by atoms with Gasteiger partial charge in [0.15, 0.2) is 5.78 Å². The van der Waals surface area contributed by atoms with Gasteiger partial charge in [-0.05, 0) is 38.3 Å². The molecule has 1 aliphatic rings. The van der Waals surface area contributed by atoms with Crippen molar-refractivity contribution in [1.82, 2.24) is 14.7 Å². The molecule has 2 heterocycles. The third-order valence-corrected chi connectivity index (χ3v) is 4.76. The lowest BCUT2D eigenvalue weighted by Gasteiger charge is -2.26. The van der Waals surface area contributed by atoms with Gasteiger partial charge >= 0.3 is 6.03 Å². The van der Waals surface area contributed by atoms with E-state index in [1.165, 1.54) is 6.92 Å². The molecule has 7 nitrogen and oxygen atoms in total. The van der Waals surface area contributed by atoms with E-state index in [-0.39, 0.29) is 17.9 Å². The van der Waals surface area contributed by atoms with Crippen molar-refractivity contribution in [3.63, 3.8) is 0 Å². The number of ketones is 1. The van der Waals surface area contributed by atoms with Crippen LogP contribution in [0, 0.1) is 0 Å². The fourth-order valence-electron chi connectivity index (χ4n) is 3.37. The van der Waals surface area contributed by atoms with Gasteiger partial charge in [0.25, 0.3) is 0 Å². The number of hydrogen-bond acceptors (Lipinski definition) is 4. The van der Waals surface area contributed by atoms with Crippen LogP contribution in [0.3, 0.4) is 0 Å². The first-order chi connectivity index (χ1) is 12.4. The highest BCUT2D eigenvalue weighted by Gasteiger charge is 2.31. The van der Waals surface area contributed by atoms with E-state index < -0.39 is 6.10 Å². The molecular weight excluding hydrogens is 332 g/mol. The average Bonchev–Trinajstić information content (AvgIpc) is 3.24. The van der Waals surface area contributed by atoms with Crippen LogP contribution in [0.25, 0.3) is 0 Å². The van der Waals surface area contributed by atoms with Crippen LogP contribution in [0.15, 0.2) is 36.7 Å². The molecule has 0 aliphatic carbocycles. The lowest BCUT2D eigenvalue weighted by atomic mass is 10.0. The number of benzene rings is 1. The first kappa shape index (κ1) is 18.1. The number of aromatic nitrogens is 2. The molecule has 3 rings (SSSR count). The van der Waals surface area contributed by atoms with Gasteiger partial charge in [0.05, 0.1) is 12.3 Å². The largest absolute Gasteiger partial charge is 0.388 e. The van der Waals surface area contributed by atoms with Crippen molar-refractivity contribution in [2.24, 2.45) is 7.05 Å². The third-order valence-electron chi connectivity index (χ3n) is 4.76. The molecule has 26 heavy (non-hydrogen) atoms. The summed E-state index contributed by atoms with van der Waals surface area (Å²) in [6.45, 7) is 2.15. The number of aliphatic hydroxyl groups is 1. The molecule has 2 aromatic rings. The lowest BCUT2D eigenvalue weighted by molar-refractivity contribution is 0.101. The Morgan fingerprint density at radius 3 is 2.92 bits per heavy atom. The van der Waals surface area contributed by atoms with Crippen LogP contribution in [-0.2, 0) is 7.05 Å². The van der Waals surface area contributed by atoms with Crippen LogP contribution < -0.4 is 5.32 Å². The quantitative estimate of drug-likeness (QED) is 0.807. The Balaban J connectivity index is 1.64. The molecule has 2 N–H and O–H groups in total. The maximum Gasteiger partial charge on any atom is 0.322 e. The number of rotatable bonds is 5. The number of carbonyl (C=O) groups is 2. The van der Waals surface area contributed by atoms with Crippen molar-refractivity contribution < 1.29 is 14.7 Å². The summed E-state index contributed by atoms with van der Waals surface area (Å²) < 4.78 is 1.65. The van der Waals surface area contributed by atoms with E-state index in [1.54, 1.807) is 53.3 Å². The minimum atomic E-state index is -0.650. The molecule has 0 radical (unpaired) electrons. The number of carbonyl (C=O) groups excluding carboxylic acids is 2. The first-order valence-corrected chi connectivity index (χ1v) is 8.79. The molecule has 1 fully saturated rings. The number of anilines is 1. The van der Waals surface area contributed by atoms with Crippen molar-refractivity contribution in [2.75, 3.05) is 11.9 Å². The van der Waals surface area contributed by atoms with Crippen LogP contribution in [0.2, 0.25) is 0 Å². The second-order valence-electron chi connectivity index (χ2n) is 6.76. The maximum atomic E-state index is 12.7. The van der Waals surface area contributed by atoms with Crippen LogP contribution >= 0.6 is 0 Å². The summed E-state index contributed by atoms with van der Waals surface area (Å²) in [6.07, 6.45) is 5.04. The Morgan fingerprint density at radius 1 is 1.42 bits per heavy atom. The van der Waals surface area contributed by atoms with E-state index in [2.05, 4.69) is 10.4 Å². The maximum absolute atomic E-state index is 12.7. The van der Waals surface area contributed by atoms with E-state index >= 15 is 0 Å². The molecule has 7 heteroatoms. The number of amides is 2. The summed E-state index contributed by atoms with van der Waals surface area (Å²) in [5.41, 5.74) is 1.92. The number of nitrogens with zero attached hydrogens (tertiary/aromatic N) is 3. The summed E-state index contributed by atoms with van der Waals surface area (Å²) in [6, 6.07) is 6.68. The van der Waals surface area contributed by atoms with E-state index in [9.17, 15) is 14.7 Å². The summed E-state index contributed by atoms with van der Waals surface area (Å²) in [5, 5.41) is 17.4. The normalized spacial score (nSPS) is 18.0. The summed E-state index contributed by atoms with van der Waals surface area (Å²) in [4.78, 5) is 25.9. The topological polar surface area (TPSA) is 87.5 Å². The SMILES string of the molecule is CC(=O)c1cccc(NC(=O)N2CCCC2CC(O)c2cnn(C)c2)c1. The summed E-state index contributed by atoms with van der Waals surface area (Å²) in [7, 11) is 1.81. The highest BCUT2D eigenvalue weighted by atomic mass is 16.3. The zero-order valence-corrected chi connectivity index (χ0v) is 15.1. The Labute approximate surface area is 152 Å². The second-order valence-corrected chi connectivity index (χ2v) is 6.76. The molecular formula is C19H24N4O3. The molecule has 1 aromatic carbocycles. The number of urea groups is 1. The summed E-state index contributed by atoms with van der Waals surface area (Å²) in [5.74, 6) is -0.0419. The Kier molecular flexibility index (Phi) is 5.37. The molecule has 2 atom stereocenters. The van der Waals surface area contributed by atoms with Gasteiger partial charge in [0.1, 0.15) is 0 Å². The third kappa shape index (κ3) is 4.11. The molecule has 0 spiro atoms. The number of Topliss-reactive ketones (excluding diaryl/α,β-unsaturated/α-hetero) is 1. The van der Waals surface area contributed by atoms with Gasteiger partial charge in [-0.1, -0.05) is 12.1 Å². The van der Waals surface area contributed by atoms with Gasteiger partial charge in [-0.3, -0.25) is 9.48 Å². The number of aliphatic hydroxyl groups excluding tert-OH is 1. The average molecular weight is 356 g/mol. The number of nitrogens with one attached hydrogen (secondary N) is 1. The molecule has 1 aromatic heterocycles. The second kappa shape index (κ2) is 7.70. The van der Waals surface area contributed by atoms with Gasteiger partial charge < -0.3 is 15.3 Å². The Hall–Kier alpha value is -2.67. The zero-order valence-electron chi connectivity index (χ0n) is 15.1. The number of likely N-dealkylation sites (tertiary alicyclic amines) is 1. The lowest BCUT2D eigenvalue weighted by Crippen LogP contribution is -2.39. The van der Waals surface area contributed by atoms with Crippen LogP contribution in [0.1, 0.15) is 48.2 Å². The minimum Gasteiger partial charge on any atom is -0.388 e. The van der Waals surface area contributed by atoms with Gasteiger partial charge in [-0.15, -0.1) is 0 Å². The Morgan fingerprint density at radius 2 is 2.23 bits per heavy atom. The van der Waals surface area contributed by atoms with Crippen LogP contribution in [0.4, 0.5) is 10.5 Å². The predicted molar refractivity (Wildman–Crippen MR) is 98.0 cm³/mol. The highest BCUT2D eigenvalue weighted by Crippen LogP contribution is 2.28. The van der Waals surface area contributed by atoms with Crippen molar-refractivity contribution in [3.05, 3.63) is 47.8 Å². The zero-order chi connectivity index (χ0) is 18.7. The van der Waals surface area contributed by atoms with Crippen molar-refractivity contribution in [3.8, 4) is 0 Å². The van der Waals surface area contributed by atoms with Crippen molar-refractivity contribution in [1.29, 1.82) is 0 Å². The van der Waals surface area contributed by atoms with E-state index in [0.717, 1.165) is 18.4 Å². The smallest absolute Gasteiger partial charge is 0.322 e. The number of aryl methyl sites for hydroxylation is 1. The van der Waals surface area contributed by atoms with E-state index in [4.69, 9.17) is 0 Å². The molecule has 0 bridgehead atoms.